The topological polar surface area (TPSA) is 94.8 Å². The molecule has 0 aliphatic rings. The third-order valence-electron chi connectivity index (χ3n) is 0.610. The van der Waals surface area contributed by atoms with Crippen molar-refractivity contribution in [3.63, 3.8) is 0 Å². The van der Waals surface area contributed by atoms with Crippen molar-refractivity contribution in [3.05, 3.63) is 0 Å². The predicted octanol–water partition coefficient (Wildman–Crippen LogP) is -0.703. The molecule has 0 aromatic rings. The molecular weight excluding hydrogens is 140 g/mol. The van der Waals surface area contributed by atoms with Gasteiger partial charge in [0.2, 0.25) is 0 Å². The molecule has 0 radical (unpaired) electrons. The van der Waals surface area contributed by atoms with E-state index in [9.17, 15) is 9.59 Å². The summed E-state index contributed by atoms with van der Waals surface area (Å²) >= 11 is 0. The van der Waals surface area contributed by atoms with Crippen LogP contribution < -0.4 is 0 Å². The standard InChI is InChI=1S/C5H8O5/c6-3(5(9)10)1-2-4(7)8/h3,6H,1-2H2,(H,7,8)(H,9,10)/i1D2,3D. The number of rotatable bonds is 4. The van der Waals surface area contributed by atoms with Gasteiger partial charge in [0.1, 0.15) is 0 Å². The van der Waals surface area contributed by atoms with Crippen LogP contribution >= 0.6 is 0 Å². The molecule has 1 atom stereocenters. The molecular formula is C5H8O5. The van der Waals surface area contributed by atoms with E-state index in [1.807, 2.05) is 0 Å². The molecule has 0 fully saturated rings. The minimum Gasteiger partial charge on any atom is -0.481 e. The first-order valence-electron chi connectivity index (χ1n) is 3.79. The summed E-state index contributed by atoms with van der Waals surface area (Å²) in [5.74, 6) is -3.75. The molecule has 0 saturated heterocycles. The molecule has 10 heavy (non-hydrogen) atoms. The highest BCUT2D eigenvalue weighted by molar-refractivity contribution is 5.73. The molecule has 0 aromatic carbocycles. The third kappa shape index (κ3) is 3.85. The highest BCUT2D eigenvalue weighted by Gasteiger charge is 2.13. The van der Waals surface area contributed by atoms with Gasteiger partial charge >= 0.3 is 11.9 Å². The number of carbonyl (C=O) groups is 2. The van der Waals surface area contributed by atoms with Gasteiger partial charge in [0.15, 0.2) is 6.08 Å². The molecule has 5 heteroatoms. The average Bonchev–Trinajstić information content (AvgIpc) is 1.83. The molecule has 0 saturated carbocycles. The fourth-order valence-electron chi connectivity index (χ4n) is 0.235. The van der Waals surface area contributed by atoms with E-state index in [0.29, 0.717) is 0 Å². The van der Waals surface area contributed by atoms with Crippen LogP contribution in [0.1, 0.15) is 16.9 Å². The van der Waals surface area contributed by atoms with Gasteiger partial charge in [0, 0.05) is 9.16 Å². The van der Waals surface area contributed by atoms with Gasteiger partial charge in [-0.15, -0.1) is 0 Å². The Kier molecular flexibility index (Phi) is 1.79. The predicted molar refractivity (Wildman–Crippen MR) is 30.5 cm³/mol. The fraction of sp³-hybridized carbons (Fsp3) is 0.600. The van der Waals surface area contributed by atoms with Gasteiger partial charge in [-0.2, -0.15) is 0 Å². The highest BCUT2D eigenvalue weighted by Crippen LogP contribution is 1.95. The van der Waals surface area contributed by atoms with Crippen LogP contribution in [0.4, 0.5) is 0 Å². The smallest absolute Gasteiger partial charge is 0.332 e. The van der Waals surface area contributed by atoms with Crippen molar-refractivity contribution in [1.29, 1.82) is 0 Å². The Morgan fingerprint density at radius 3 is 2.40 bits per heavy atom. The third-order valence-corrected chi connectivity index (χ3v) is 0.610. The molecule has 0 amide bonds. The largest absolute Gasteiger partial charge is 0.481 e. The van der Waals surface area contributed by atoms with Crippen LogP contribution in [-0.2, 0) is 9.59 Å². The number of hydrogen-bond donors (Lipinski definition) is 3. The maximum atomic E-state index is 10.2. The average molecular weight is 151 g/mol. The van der Waals surface area contributed by atoms with Crippen molar-refractivity contribution in [2.24, 2.45) is 0 Å². The molecule has 58 valence electrons. The van der Waals surface area contributed by atoms with E-state index in [1.165, 1.54) is 0 Å². The quantitative estimate of drug-likeness (QED) is 0.493. The van der Waals surface area contributed by atoms with Crippen molar-refractivity contribution < 1.29 is 29.0 Å². The number of aliphatic hydroxyl groups is 1. The second-order valence-electron chi connectivity index (χ2n) is 1.40. The van der Waals surface area contributed by atoms with Crippen molar-refractivity contribution >= 4 is 11.9 Å². The summed E-state index contributed by atoms with van der Waals surface area (Å²) in [5.41, 5.74) is 0. The molecule has 0 spiro atoms. The first-order valence-corrected chi connectivity index (χ1v) is 2.29. The summed E-state index contributed by atoms with van der Waals surface area (Å²) in [6.07, 6.45) is -7.74. The van der Waals surface area contributed by atoms with Crippen molar-refractivity contribution in [2.45, 2.75) is 18.9 Å². The first-order chi connectivity index (χ1) is 5.61. The Balaban J connectivity index is 4.80. The lowest BCUT2D eigenvalue weighted by atomic mass is 10.2. The normalized spacial score (nSPS) is 21.5. The van der Waals surface area contributed by atoms with E-state index in [0.717, 1.165) is 0 Å². The summed E-state index contributed by atoms with van der Waals surface area (Å²) in [6.45, 7) is 0. The summed E-state index contributed by atoms with van der Waals surface area (Å²) in [4.78, 5) is 20.2. The van der Waals surface area contributed by atoms with Gasteiger partial charge in [-0.25, -0.2) is 4.79 Å². The SMILES string of the molecule is [2H]C([2H])(CC(=O)O)C([2H])(O)C(=O)O. The van der Waals surface area contributed by atoms with Gasteiger partial charge in [-0.1, -0.05) is 0 Å². The zero-order chi connectivity index (χ0) is 10.9. The maximum absolute atomic E-state index is 10.2. The lowest BCUT2D eigenvalue weighted by Gasteiger charge is -2.00. The minimum atomic E-state index is -3.45. The Morgan fingerprint density at radius 1 is 1.60 bits per heavy atom. The van der Waals surface area contributed by atoms with Crippen LogP contribution in [0.3, 0.4) is 0 Å². The number of carboxylic acid groups (broad SMARTS) is 2. The van der Waals surface area contributed by atoms with E-state index in [1.54, 1.807) is 0 Å². The van der Waals surface area contributed by atoms with Crippen LogP contribution in [0, 0.1) is 0 Å². The van der Waals surface area contributed by atoms with Crippen LogP contribution in [0.25, 0.3) is 0 Å². The van der Waals surface area contributed by atoms with Gasteiger partial charge in [0.25, 0.3) is 0 Å². The van der Waals surface area contributed by atoms with E-state index in [-0.39, 0.29) is 0 Å². The maximum Gasteiger partial charge on any atom is 0.332 e. The Labute approximate surface area is 61.1 Å². The lowest BCUT2D eigenvalue weighted by molar-refractivity contribution is -0.147. The Morgan fingerprint density at radius 2 is 2.10 bits per heavy atom. The lowest BCUT2D eigenvalue weighted by Crippen LogP contribution is -2.20. The number of aliphatic carboxylic acids is 2. The van der Waals surface area contributed by atoms with Gasteiger partial charge in [0.05, 0.1) is 1.37 Å². The molecule has 0 bridgehead atoms. The van der Waals surface area contributed by atoms with Crippen molar-refractivity contribution in [2.75, 3.05) is 0 Å². The summed E-state index contributed by atoms with van der Waals surface area (Å²) in [5, 5.41) is 25.2. The van der Waals surface area contributed by atoms with Gasteiger partial charge in [-0.05, 0) is 6.37 Å². The first kappa shape index (κ1) is 4.68. The summed E-state index contributed by atoms with van der Waals surface area (Å²) in [7, 11) is 0. The molecule has 0 heterocycles. The minimum absolute atomic E-state index is 1.25. The van der Waals surface area contributed by atoms with E-state index >= 15 is 0 Å². The van der Waals surface area contributed by atoms with Crippen molar-refractivity contribution in [1.82, 2.24) is 0 Å². The molecule has 5 nitrogen and oxygen atoms in total. The molecule has 3 N–H and O–H groups in total. The van der Waals surface area contributed by atoms with Crippen LogP contribution in [-0.4, -0.2) is 33.3 Å². The molecule has 0 aromatic heterocycles. The highest BCUT2D eigenvalue weighted by atomic mass is 16.4. The summed E-state index contributed by atoms with van der Waals surface area (Å²) < 4.78 is 20.4. The van der Waals surface area contributed by atoms with Gasteiger partial charge < -0.3 is 15.3 Å². The summed E-state index contributed by atoms with van der Waals surface area (Å²) in [6, 6.07) is 0. The molecule has 0 aliphatic carbocycles. The monoisotopic (exact) mass is 151 g/mol. The Hall–Kier alpha value is -1.10. The zero-order valence-electron chi connectivity index (χ0n) is 7.87. The molecule has 0 aliphatic heterocycles. The van der Waals surface area contributed by atoms with Crippen LogP contribution in [0.15, 0.2) is 0 Å². The van der Waals surface area contributed by atoms with Crippen LogP contribution in [0.5, 0.6) is 0 Å². The second kappa shape index (κ2) is 3.84. The van der Waals surface area contributed by atoms with Crippen molar-refractivity contribution in [3.8, 4) is 0 Å². The van der Waals surface area contributed by atoms with E-state index < -0.39 is 30.8 Å². The second-order valence-corrected chi connectivity index (χ2v) is 1.40. The number of carboxylic acids is 2. The van der Waals surface area contributed by atoms with Gasteiger partial charge in [-0.3, -0.25) is 4.79 Å². The zero-order valence-corrected chi connectivity index (χ0v) is 4.87. The fourth-order valence-corrected chi connectivity index (χ4v) is 0.235. The Bertz CT molecular complexity index is 236. The number of hydrogen-bond acceptors (Lipinski definition) is 3. The molecule has 0 rings (SSSR count). The van der Waals surface area contributed by atoms with Crippen LogP contribution in [0.2, 0.25) is 0 Å². The van der Waals surface area contributed by atoms with E-state index in [4.69, 9.17) is 19.4 Å². The van der Waals surface area contributed by atoms with E-state index in [2.05, 4.69) is 0 Å². The molecule has 1 unspecified atom stereocenters.